The van der Waals surface area contributed by atoms with E-state index in [0.717, 1.165) is 0 Å². The molecule has 0 radical (unpaired) electrons. The third kappa shape index (κ3) is 2.95. The summed E-state index contributed by atoms with van der Waals surface area (Å²) < 4.78 is 26.9. The van der Waals surface area contributed by atoms with Gasteiger partial charge in [-0.3, -0.25) is 0 Å². The summed E-state index contributed by atoms with van der Waals surface area (Å²) in [6.07, 6.45) is 3.35. The van der Waals surface area contributed by atoms with Crippen molar-refractivity contribution in [3.63, 3.8) is 0 Å². The van der Waals surface area contributed by atoms with Gasteiger partial charge in [-0.15, -0.1) is 0 Å². The van der Waals surface area contributed by atoms with Gasteiger partial charge in [-0.2, -0.15) is 0 Å². The minimum absolute atomic E-state index is 0.308. The molecule has 0 N–H and O–H groups in total. The molecule has 4 heteroatoms. The molecule has 12 heavy (non-hydrogen) atoms. The number of rotatable bonds is 2. The summed E-state index contributed by atoms with van der Waals surface area (Å²) in [4.78, 5) is 0. The topological polar surface area (TPSA) is 43.4 Å². The van der Waals surface area contributed by atoms with Crippen LogP contribution in [0.25, 0.3) is 0 Å². The zero-order valence-electron chi connectivity index (χ0n) is 7.25. The average Bonchev–Trinajstić information content (AvgIpc) is 2.03. The van der Waals surface area contributed by atoms with E-state index >= 15 is 0 Å². The molecule has 1 heterocycles. The Morgan fingerprint density at radius 1 is 1.42 bits per heavy atom. The fraction of sp³-hybridized carbons (Fsp3) is 0.750. The van der Waals surface area contributed by atoms with Crippen molar-refractivity contribution in [3.05, 3.63) is 11.6 Å². The lowest BCUT2D eigenvalue weighted by molar-refractivity contribution is 0.233. The van der Waals surface area contributed by atoms with Crippen molar-refractivity contribution in [2.75, 3.05) is 25.2 Å². The van der Waals surface area contributed by atoms with Gasteiger partial charge in [-0.25, -0.2) is 8.42 Å². The van der Waals surface area contributed by atoms with Crippen LogP contribution in [0.1, 0.15) is 12.8 Å². The van der Waals surface area contributed by atoms with Crippen molar-refractivity contribution in [2.24, 2.45) is 0 Å². The van der Waals surface area contributed by atoms with Gasteiger partial charge < -0.3 is 4.74 Å². The van der Waals surface area contributed by atoms with Crippen molar-refractivity contribution in [3.8, 4) is 0 Å². The van der Waals surface area contributed by atoms with Crippen LogP contribution in [0.4, 0.5) is 0 Å². The Morgan fingerprint density at radius 2 is 2.00 bits per heavy atom. The number of ether oxygens (including phenoxy) is 1. The molecule has 0 amide bonds. The van der Waals surface area contributed by atoms with E-state index in [1.165, 1.54) is 5.57 Å². The quantitative estimate of drug-likeness (QED) is 0.604. The van der Waals surface area contributed by atoms with Gasteiger partial charge >= 0.3 is 0 Å². The third-order valence-electron chi connectivity index (χ3n) is 2.01. The molecule has 70 valence electrons. The lowest BCUT2D eigenvalue weighted by Crippen LogP contribution is -2.18. The van der Waals surface area contributed by atoms with Crippen LogP contribution >= 0.6 is 0 Å². The minimum Gasteiger partial charge on any atom is -0.381 e. The Labute approximate surface area is 73.3 Å². The fourth-order valence-electron chi connectivity index (χ4n) is 1.21. The molecule has 1 saturated heterocycles. The molecule has 0 atom stereocenters. The van der Waals surface area contributed by atoms with Crippen LogP contribution in [-0.4, -0.2) is 33.6 Å². The first-order chi connectivity index (χ1) is 5.64. The zero-order valence-corrected chi connectivity index (χ0v) is 8.06. The number of hydrogen-bond acceptors (Lipinski definition) is 3. The second-order valence-electron chi connectivity index (χ2n) is 2.97. The van der Waals surface area contributed by atoms with E-state index in [0.29, 0.717) is 31.0 Å². The Hall–Kier alpha value is -0.350. The molecule has 0 spiro atoms. The van der Waals surface area contributed by atoms with E-state index in [2.05, 4.69) is 0 Å². The second-order valence-corrected chi connectivity index (χ2v) is 5.27. The van der Waals surface area contributed by atoms with Crippen LogP contribution in [-0.2, 0) is 14.6 Å². The van der Waals surface area contributed by atoms with Gasteiger partial charge in [0.05, 0.1) is 18.1 Å². The van der Waals surface area contributed by atoms with Gasteiger partial charge in [0.25, 0.3) is 0 Å². The van der Waals surface area contributed by atoms with Crippen molar-refractivity contribution in [1.29, 1.82) is 0 Å². The van der Waals surface area contributed by atoms with Gasteiger partial charge in [-0.1, -0.05) is 11.6 Å². The van der Waals surface area contributed by atoms with Crippen molar-refractivity contribution in [1.82, 2.24) is 0 Å². The minimum atomic E-state index is -2.72. The van der Waals surface area contributed by atoms with Gasteiger partial charge in [0.15, 0.2) is 9.84 Å². The van der Waals surface area contributed by atoms with Crippen LogP contribution in [0.5, 0.6) is 0 Å². The van der Waals surface area contributed by atoms with Gasteiger partial charge in [-0.05, 0) is 12.8 Å². The molecule has 1 aliphatic heterocycles. The second kappa shape index (κ2) is 4.05. The summed E-state index contributed by atoms with van der Waals surface area (Å²) in [6, 6.07) is 0. The smallest absolute Gasteiger partial charge is 0.150 e. The first kappa shape index (κ1) is 9.74. The highest BCUT2D eigenvalue weighted by Gasteiger charge is 2.18. The Bertz CT molecular complexity index is 248. The molecular formula is C8H14O3S. The summed E-state index contributed by atoms with van der Waals surface area (Å²) >= 11 is 0. The zero-order chi connectivity index (χ0) is 9.03. The number of hydrogen-bond donors (Lipinski definition) is 0. The maximum absolute atomic E-state index is 11.0. The molecule has 0 aromatic carbocycles. The van der Waals surface area contributed by atoms with Crippen molar-refractivity contribution >= 4 is 9.84 Å². The molecule has 0 aromatic heterocycles. The van der Waals surface area contributed by atoms with E-state index in [1.54, 1.807) is 7.11 Å². The van der Waals surface area contributed by atoms with Crippen LogP contribution in [0.2, 0.25) is 0 Å². The predicted octanol–water partition coefficient (Wildman–Crippen LogP) is 0.768. The van der Waals surface area contributed by atoms with Crippen molar-refractivity contribution in [2.45, 2.75) is 12.8 Å². The van der Waals surface area contributed by atoms with Crippen LogP contribution in [0, 0.1) is 0 Å². The molecule has 0 aromatic rings. The van der Waals surface area contributed by atoms with E-state index in [9.17, 15) is 8.42 Å². The molecule has 0 unspecified atom stereocenters. The highest BCUT2D eigenvalue weighted by Crippen LogP contribution is 2.17. The summed E-state index contributed by atoms with van der Waals surface area (Å²) in [7, 11) is -1.09. The molecule has 0 bridgehead atoms. The van der Waals surface area contributed by atoms with Crippen LogP contribution in [0.15, 0.2) is 11.6 Å². The number of allylic oxidation sites excluding steroid dienone is 1. The summed E-state index contributed by atoms with van der Waals surface area (Å²) in [6.45, 7) is 0.593. The predicted molar refractivity (Wildman–Crippen MR) is 47.8 cm³/mol. The Balaban J connectivity index is 2.46. The van der Waals surface area contributed by atoms with E-state index in [4.69, 9.17) is 4.74 Å². The van der Waals surface area contributed by atoms with Gasteiger partial charge in [0, 0.05) is 7.11 Å². The average molecular weight is 190 g/mol. The van der Waals surface area contributed by atoms with Crippen LogP contribution in [0.3, 0.4) is 0 Å². The van der Waals surface area contributed by atoms with Gasteiger partial charge in [0.2, 0.25) is 0 Å². The third-order valence-corrected chi connectivity index (χ3v) is 3.66. The first-order valence-corrected chi connectivity index (χ1v) is 5.83. The fourth-order valence-corrected chi connectivity index (χ4v) is 2.56. The molecule has 1 rings (SSSR count). The largest absolute Gasteiger partial charge is 0.381 e. The highest BCUT2D eigenvalue weighted by molar-refractivity contribution is 7.91. The van der Waals surface area contributed by atoms with E-state index in [1.807, 2.05) is 6.08 Å². The molecule has 0 aliphatic carbocycles. The maximum atomic E-state index is 11.0. The summed E-state index contributed by atoms with van der Waals surface area (Å²) in [5.74, 6) is 0.616. The molecule has 0 saturated carbocycles. The Kier molecular flexibility index (Phi) is 3.29. The lowest BCUT2D eigenvalue weighted by Gasteiger charge is -2.14. The standard InChI is InChI=1S/C8H14O3S/c1-11-5-2-8-3-6-12(9,10)7-4-8/h2H,3-7H2,1H3. The maximum Gasteiger partial charge on any atom is 0.150 e. The van der Waals surface area contributed by atoms with E-state index < -0.39 is 9.84 Å². The molecule has 1 aliphatic rings. The van der Waals surface area contributed by atoms with Crippen LogP contribution < -0.4 is 0 Å². The normalized spacial score (nSPS) is 22.2. The monoisotopic (exact) mass is 190 g/mol. The number of sulfone groups is 1. The summed E-state index contributed by atoms with van der Waals surface area (Å²) in [5.41, 5.74) is 1.21. The first-order valence-electron chi connectivity index (χ1n) is 4.01. The number of methoxy groups -OCH3 is 1. The molecule has 1 fully saturated rings. The van der Waals surface area contributed by atoms with Gasteiger partial charge in [0.1, 0.15) is 0 Å². The highest BCUT2D eigenvalue weighted by atomic mass is 32.2. The molecular weight excluding hydrogens is 176 g/mol. The summed E-state index contributed by atoms with van der Waals surface area (Å²) in [5, 5.41) is 0. The Morgan fingerprint density at radius 3 is 2.50 bits per heavy atom. The lowest BCUT2D eigenvalue weighted by atomic mass is 10.1. The van der Waals surface area contributed by atoms with Crippen molar-refractivity contribution < 1.29 is 13.2 Å². The SMILES string of the molecule is COCC=C1CCS(=O)(=O)CC1. The van der Waals surface area contributed by atoms with E-state index in [-0.39, 0.29) is 0 Å². The molecule has 3 nitrogen and oxygen atoms in total.